The quantitative estimate of drug-likeness (QED) is 0.651. The van der Waals surface area contributed by atoms with Crippen LogP contribution >= 0.6 is 0 Å². The molecule has 0 aromatic heterocycles. The minimum absolute atomic E-state index is 0.00136. The summed E-state index contributed by atoms with van der Waals surface area (Å²) in [5.41, 5.74) is -1.35. The largest absolute Gasteiger partial charge is 0.465 e. The Balaban J connectivity index is 1.53. The summed E-state index contributed by atoms with van der Waals surface area (Å²) in [7, 11) is -4.01. The maximum atomic E-state index is 13.1. The van der Waals surface area contributed by atoms with E-state index in [1.807, 2.05) is 0 Å². The van der Waals surface area contributed by atoms with Gasteiger partial charge in [0.1, 0.15) is 22.9 Å². The number of hydrogen-bond donors (Lipinski definition) is 1. The van der Waals surface area contributed by atoms with E-state index < -0.39 is 21.5 Å². The molecule has 9 heteroatoms. The molecule has 2 aliphatic heterocycles. The van der Waals surface area contributed by atoms with Crippen LogP contribution in [0.1, 0.15) is 32.6 Å². The number of hydrogen-bond acceptors (Lipinski definition) is 6. The summed E-state index contributed by atoms with van der Waals surface area (Å²) in [6, 6.07) is 11.3. The molecule has 2 aromatic carbocycles. The summed E-state index contributed by atoms with van der Waals surface area (Å²) in [5.74, 6) is -0.129. The fourth-order valence-corrected chi connectivity index (χ4v) is 5.52. The van der Waals surface area contributed by atoms with Crippen molar-refractivity contribution in [3.8, 4) is 11.5 Å². The van der Waals surface area contributed by atoms with Crippen LogP contribution in [0.15, 0.2) is 53.4 Å². The lowest BCUT2D eigenvalue weighted by Crippen LogP contribution is -2.59. The number of nitrogens with one attached hydrogen (secondary N) is 1. The predicted octanol–water partition coefficient (Wildman–Crippen LogP) is 3.54. The van der Waals surface area contributed by atoms with Crippen molar-refractivity contribution in [3.63, 3.8) is 0 Å². The molecule has 2 atom stereocenters. The van der Waals surface area contributed by atoms with Crippen molar-refractivity contribution in [1.29, 1.82) is 0 Å². The molecule has 2 unspecified atom stereocenters. The molecule has 0 saturated carbocycles. The molecular weight excluding hydrogens is 425 g/mol. The van der Waals surface area contributed by atoms with Crippen molar-refractivity contribution in [2.75, 3.05) is 6.61 Å². The molecule has 2 bridgehead atoms. The second-order valence-electron chi connectivity index (χ2n) is 7.80. The molecular formula is C22H24FNO6S. The highest BCUT2D eigenvalue weighted by Gasteiger charge is 2.52. The minimum Gasteiger partial charge on any atom is -0.465 e. The first kappa shape index (κ1) is 21.7. The lowest BCUT2D eigenvalue weighted by atomic mass is 9.87. The Morgan fingerprint density at radius 1 is 1.06 bits per heavy atom. The molecule has 0 amide bonds. The molecule has 166 valence electrons. The number of sulfonamides is 1. The molecule has 2 heterocycles. The van der Waals surface area contributed by atoms with Crippen LogP contribution in [0.25, 0.3) is 0 Å². The second kappa shape index (κ2) is 8.57. The molecule has 2 aromatic rings. The Morgan fingerprint density at radius 3 is 2.16 bits per heavy atom. The van der Waals surface area contributed by atoms with Crippen molar-refractivity contribution in [2.24, 2.45) is 0 Å². The molecule has 4 rings (SSSR count). The first-order valence-electron chi connectivity index (χ1n) is 10.2. The Morgan fingerprint density at radius 2 is 1.61 bits per heavy atom. The van der Waals surface area contributed by atoms with Gasteiger partial charge in [-0.2, -0.15) is 4.72 Å². The van der Waals surface area contributed by atoms with Gasteiger partial charge >= 0.3 is 5.97 Å². The highest BCUT2D eigenvalue weighted by atomic mass is 32.2. The fourth-order valence-electron chi connectivity index (χ4n) is 4.14. The number of carbonyl (C=O) groups is 1. The SMILES string of the molecule is CCOC(=O)C1(NS(=O)(=O)c2ccc(Oc3ccc(F)cc3)cc2)CC2CCC(C1)O2. The zero-order valence-electron chi connectivity index (χ0n) is 17.0. The van der Waals surface area contributed by atoms with E-state index in [2.05, 4.69) is 4.72 Å². The Kier molecular flexibility index (Phi) is 6.00. The maximum absolute atomic E-state index is 13.1. The molecule has 0 aliphatic carbocycles. The van der Waals surface area contributed by atoms with Crippen LogP contribution in [0, 0.1) is 5.82 Å². The third kappa shape index (κ3) is 4.73. The number of rotatable bonds is 7. The highest BCUT2D eigenvalue weighted by Crippen LogP contribution is 2.40. The molecule has 1 N–H and O–H groups in total. The summed E-state index contributed by atoms with van der Waals surface area (Å²) in [6.45, 7) is 1.85. The zero-order valence-corrected chi connectivity index (χ0v) is 17.9. The van der Waals surface area contributed by atoms with E-state index in [1.165, 1.54) is 48.5 Å². The summed E-state index contributed by atoms with van der Waals surface area (Å²) >= 11 is 0. The van der Waals surface area contributed by atoms with Crippen LogP contribution in [0.5, 0.6) is 11.5 Å². The Bertz CT molecular complexity index is 1030. The number of ether oxygens (including phenoxy) is 3. The molecule has 2 saturated heterocycles. The monoisotopic (exact) mass is 449 g/mol. The molecule has 2 aliphatic rings. The van der Waals surface area contributed by atoms with Gasteiger partial charge in [0.2, 0.25) is 10.0 Å². The van der Waals surface area contributed by atoms with Crippen LogP contribution < -0.4 is 9.46 Å². The van der Waals surface area contributed by atoms with Gasteiger partial charge in [-0.1, -0.05) is 0 Å². The highest BCUT2D eigenvalue weighted by molar-refractivity contribution is 7.89. The maximum Gasteiger partial charge on any atom is 0.327 e. The Labute approximate surface area is 180 Å². The number of esters is 1. The smallest absolute Gasteiger partial charge is 0.327 e. The van der Waals surface area contributed by atoms with Crippen molar-refractivity contribution in [3.05, 3.63) is 54.3 Å². The third-order valence-electron chi connectivity index (χ3n) is 5.53. The lowest BCUT2D eigenvalue weighted by Gasteiger charge is -2.38. The van der Waals surface area contributed by atoms with Gasteiger partial charge in [0, 0.05) is 12.8 Å². The molecule has 2 fully saturated rings. The minimum atomic E-state index is -4.01. The van der Waals surface area contributed by atoms with Crippen LogP contribution in [-0.4, -0.2) is 38.7 Å². The average molecular weight is 450 g/mol. The summed E-state index contributed by atoms with van der Waals surface area (Å²) < 4.78 is 58.5. The number of fused-ring (bicyclic) bond motifs is 2. The van der Waals surface area contributed by atoms with Gasteiger partial charge in [-0.15, -0.1) is 0 Å². The Hall–Kier alpha value is -2.49. The van der Waals surface area contributed by atoms with Gasteiger partial charge in [0.15, 0.2) is 0 Å². The van der Waals surface area contributed by atoms with Crippen LogP contribution in [0.4, 0.5) is 4.39 Å². The number of benzene rings is 2. The van der Waals surface area contributed by atoms with Gasteiger partial charge in [-0.3, -0.25) is 4.79 Å². The lowest BCUT2D eigenvalue weighted by molar-refractivity contribution is -0.157. The molecule has 0 radical (unpaired) electrons. The van der Waals surface area contributed by atoms with Crippen LogP contribution in [-0.2, 0) is 24.3 Å². The van der Waals surface area contributed by atoms with Gasteiger partial charge in [0.05, 0.1) is 23.7 Å². The van der Waals surface area contributed by atoms with Gasteiger partial charge < -0.3 is 14.2 Å². The van der Waals surface area contributed by atoms with Crippen molar-refractivity contribution in [1.82, 2.24) is 4.72 Å². The van der Waals surface area contributed by atoms with E-state index in [4.69, 9.17) is 14.2 Å². The summed E-state index contributed by atoms with van der Waals surface area (Å²) in [6.07, 6.45) is 1.74. The van der Waals surface area contributed by atoms with E-state index in [0.29, 0.717) is 11.5 Å². The molecule has 7 nitrogen and oxygen atoms in total. The van der Waals surface area contributed by atoms with Gasteiger partial charge in [0.25, 0.3) is 0 Å². The van der Waals surface area contributed by atoms with Crippen molar-refractivity contribution < 1.29 is 31.8 Å². The average Bonchev–Trinajstić information content (AvgIpc) is 3.08. The number of carbonyl (C=O) groups excluding carboxylic acids is 1. The molecule has 0 spiro atoms. The van der Waals surface area contributed by atoms with E-state index in [-0.39, 0.29) is 42.4 Å². The number of halogens is 1. The first-order valence-corrected chi connectivity index (χ1v) is 11.7. The second-order valence-corrected chi connectivity index (χ2v) is 9.48. The molecule has 31 heavy (non-hydrogen) atoms. The van der Waals surface area contributed by atoms with E-state index in [0.717, 1.165) is 12.8 Å². The van der Waals surface area contributed by atoms with Crippen molar-refractivity contribution in [2.45, 2.75) is 55.2 Å². The first-order chi connectivity index (χ1) is 14.8. The van der Waals surface area contributed by atoms with Crippen LogP contribution in [0.2, 0.25) is 0 Å². The predicted molar refractivity (Wildman–Crippen MR) is 110 cm³/mol. The fraction of sp³-hybridized carbons (Fsp3) is 0.409. The van der Waals surface area contributed by atoms with Crippen LogP contribution in [0.3, 0.4) is 0 Å². The third-order valence-corrected chi connectivity index (χ3v) is 7.08. The van der Waals surface area contributed by atoms with Gasteiger partial charge in [-0.25, -0.2) is 12.8 Å². The van der Waals surface area contributed by atoms with E-state index in [9.17, 15) is 17.6 Å². The topological polar surface area (TPSA) is 90.9 Å². The zero-order chi connectivity index (χ0) is 22.1. The summed E-state index contributed by atoms with van der Waals surface area (Å²) in [4.78, 5) is 12.8. The van der Waals surface area contributed by atoms with Gasteiger partial charge in [-0.05, 0) is 68.3 Å². The summed E-state index contributed by atoms with van der Waals surface area (Å²) in [5, 5.41) is 0. The van der Waals surface area contributed by atoms with Crippen molar-refractivity contribution >= 4 is 16.0 Å². The standard InChI is InChI=1S/C22H24FNO6S/c1-2-28-21(25)22(13-18-7-8-19(14-22)30-18)24-31(26,27)20-11-9-17(10-12-20)29-16-5-3-15(23)4-6-16/h3-6,9-12,18-19,24H,2,7-8,13-14H2,1H3. The van der Waals surface area contributed by atoms with E-state index in [1.54, 1.807) is 6.92 Å². The normalized spacial score (nSPS) is 25.2. The van der Waals surface area contributed by atoms with E-state index >= 15 is 0 Å².